The van der Waals surface area contributed by atoms with E-state index in [0.29, 0.717) is 11.9 Å². The highest BCUT2D eigenvalue weighted by Gasteiger charge is 2.30. The number of aromatic nitrogens is 4. The van der Waals surface area contributed by atoms with E-state index in [1.165, 1.54) is 18.5 Å². The van der Waals surface area contributed by atoms with Gasteiger partial charge in [-0.1, -0.05) is 6.92 Å². The van der Waals surface area contributed by atoms with Gasteiger partial charge in [-0.3, -0.25) is 9.48 Å². The van der Waals surface area contributed by atoms with Gasteiger partial charge in [0, 0.05) is 66.7 Å². The molecule has 1 aliphatic heterocycles. The van der Waals surface area contributed by atoms with Gasteiger partial charge in [-0.05, 0) is 64.5 Å². The summed E-state index contributed by atoms with van der Waals surface area (Å²) in [6.45, 7) is 12.0. The first-order valence-electron chi connectivity index (χ1n) is 12.5. The Morgan fingerprint density at radius 2 is 1.85 bits per heavy atom. The molecule has 1 amide bonds. The average Bonchev–Trinajstić information content (AvgIpc) is 3.42. The summed E-state index contributed by atoms with van der Waals surface area (Å²) in [4.78, 5) is 25.6. The Bertz CT molecular complexity index is 1130. The molecule has 0 atom stereocenters. The van der Waals surface area contributed by atoms with Gasteiger partial charge in [-0.2, -0.15) is 5.10 Å². The van der Waals surface area contributed by atoms with Gasteiger partial charge in [0.1, 0.15) is 5.65 Å². The van der Waals surface area contributed by atoms with E-state index < -0.39 is 0 Å². The van der Waals surface area contributed by atoms with Gasteiger partial charge in [0.25, 0.3) is 0 Å². The number of anilines is 1. The summed E-state index contributed by atoms with van der Waals surface area (Å²) in [6.07, 6.45) is 8.32. The molecule has 7 heteroatoms. The largest absolute Gasteiger partial charge is 0.367 e. The number of hydrogen-bond donors (Lipinski definition) is 1. The average molecular weight is 449 g/mol. The fraction of sp³-hybridized carbons (Fsp3) is 0.577. The molecule has 5 rings (SSSR count). The minimum Gasteiger partial charge on any atom is -0.367 e. The second-order valence-electron chi connectivity index (χ2n) is 10.2. The number of nitrogens with zero attached hydrogens (tertiary/aromatic N) is 5. The fourth-order valence-corrected chi connectivity index (χ4v) is 5.58. The Morgan fingerprint density at radius 3 is 2.52 bits per heavy atom. The zero-order valence-electron chi connectivity index (χ0n) is 20.3. The standard InChI is InChI=1S/C26H36N6O/c1-17(2)32-19(4)22(16-28-32)23-15-21-24(9-10-27-25(21)29-23)30-11-13-31(14-12-30)26(33)20-7-5-18(3)6-8-20/h9-10,15-18,20H,5-8,11-14H2,1-4H3,(H,27,29)/t18-,20-. The lowest BCUT2D eigenvalue weighted by molar-refractivity contribution is -0.137. The Hall–Kier alpha value is -2.83. The molecule has 1 saturated heterocycles. The first kappa shape index (κ1) is 22.0. The van der Waals surface area contributed by atoms with Crippen molar-refractivity contribution < 1.29 is 4.79 Å². The third kappa shape index (κ3) is 4.13. The molecule has 0 unspecified atom stereocenters. The van der Waals surface area contributed by atoms with E-state index in [9.17, 15) is 4.79 Å². The molecule has 1 saturated carbocycles. The predicted octanol–water partition coefficient (Wildman–Crippen LogP) is 4.79. The van der Waals surface area contributed by atoms with Crippen LogP contribution in [0.5, 0.6) is 0 Å². The molecular formula is C26H36N6O. The molecule has 2 fully saturated rings. The maximum Gasteiger partial charge on any atom is 0.225 e. The summed E-state index contributed by atoms with van der Waals surface area (Å²) in [5.74, 6) is 1.39. The van der Waals surface area contributed by atoms with Gasteiger partial charge in [0.2, 0.25) is 5.91 Å². The zero-order chi connectivity index (χ0) is 23.1. The number of pyridine rings is 1. The summed E-state index contributed by atoms with van der Waals surface area (Å²) >= 11 is 0. The van der Waals surface area contributed by atoms with E-state index in [-0.39, 0.29) is 5.92 Å². The van der Waals surface area contributed by atoms with Gasteiger partial charge in [-0.15, -0.1) is 0 Å². The van der Waals surface area contributed by atoms with Gasteiger partial charge >= 0.3 is 0 Å². The molecule has 0 spiro atoms. The number of rotatable bonds is 4. The number of carbonyl (C=O) groups is 1. The van der Waals surface area contributed by atoms with Crippen molar-refractivity contribution in [1.82, 2.24) is 24.6 Å². The third-order valence-corrected chi connectivity index (χ3v) is 7.63. The van der Waals surface area contributed by atoms with Crippen LogP contribution >= 0.6 is 0 Å². The number of amides is 1. The molecule has 3 aromatic rings. The maximum atomic E-state index is 13.0. The van der Waals surface area contributed by atoms with E-state index in [0.717, 1.165) is 72.9 Å². The van der Waals surface area contributed by atoms with E-state index in [2.05, 4.69) is 69.4 Å². The molecule has 1 N–H and O–H groups in total. The van der Waals surface area contributed by atoms with Crippen LogP contribution in [-0.2, 0) is 4.79 Å². The summed E-state index contributed by atoms with van der Waals surface area (Å²) in [6, 6.07) is 4.63. The molecule has 4 heterocycles. The number of hydrogen-bond acceptors (Lipinski definition) is 4. The molecule has 0 radical (unpaired) electrons. The van der Waals surface area contributed by atoms with E-state index in [1.54, 1.807) is 0 Å². The number of aromatic amines is 1. The Labute approximate surface area is 196 Å². The Balaban J connectivity index is 1.32. The van der Waals surface area contributed by atoms with Crippen LogP contribution in [0.4, 0.5) is 5.69 Å². The van der Waals surface area contributed by atoms with Crippen LogP contribution in [0.1, 0.15) is 58.2 Å². The summed E-state index contributed by atoms with van der Waals surface area (Å²) in [5.41, 5.74) is 5.41. The van der Waals surface area contributed by atoms with Crippen LogP contribution in [0, 0.1) is 18.8 Å². The molecule has 3 aromatic heterocycles. The highest BCUT2D eigenvalue weighted by molar-refractivity contribution is 5.94. The van der Waals surface area contributed by atoms with Gasteiger partial charge in [0.15, 0.2) is 0 Å². The number of piperazine rings is 1. The second-order valence-corrected chi connectivity index (χ2v) is 10.2. The van der Waals surface area contributed by atoms with Crippen molar-refractivity contribution in [3.63, 3.8) is 0 Å². The van der Waals surface area contributed by atoms with Crippen molar-refractivity contribution in [3.05, 3.63) is 30.2 Å². The predicted molar refractivity (Wildman–Crippen MR) is 132 cm³/mol. The van der Waals surface area contributed by atoms with E-state index >= 15 is 0 Å². The number of carbonyl (C=O) groups excluding carboxylic acids is 1. The smallest absolute Gasteiger partial charge is 0.225 e. The van der Waals surface area contributed by atoms with Gasteiger partial charge < -0.3 is 14.8 Å². The quantitative estimate of drug-likeness (QED) is 0.623. The van der Waals surface area contributed by atoms with Crippen LogP contribution < -0.4 is 4.90 Å². The normalized spacial score (nSPS) is 21.8. The molecule has 2 aliphatic rings. The van der Waals surface area contributed by atoms with Crippen molar-refractivity contribution in [2.24, 2.45) is 11.8 Å². The number of H-pyrrole nitrogens is 1. The molecule has 1 aliphatic carbocycles. The van der Waals surface area contributed by atoms with Crippen molar-refractivity contribution in [3.8, 4) is 11.3 Å². The highest BCUT2D eigenvalue weighted by atomic mass is 16.2. The SMILES string of the molecule is Cc1c(-c2cc3c(N4CCN(C(=O)[C@H]5CC[C@H](C)CC5)CC4)ccnc3[nH]2)cnn1C(C)C. The number of fused-ring (bicyclic) bond motifs is 1. The van der Waals surface area contributed by atoms with Crippen LogP contribution in [0.15, 0.2) is 24.5 Å². The lowest BCUT2D eigenvalue weighted by Gasteiger charge is -2.38. The van der Waals surface area contributed by atoms with Gasteiger partial charge in [-0.25, -0.2) is 4.98 Å². The molecule has 0 bridgehead atoms. The third-order valence-electron chi connectivity index (χ3n) is 7.63. The molecule has 33 heavy (non-hydrogen) atoms. The minimum atomic E-state index is 0.239. The van der Waals surface area contributed by atoms with E-state index in [4.69, 9.17) is 0 Å². The van der Waals surface area contributed by atoms with Crippen LogP contribution in [0.25, 0.3) is 22.3 Å². The monoisotopic (exact) mass is 448 g/mol. The lowest BCUT2D eigenvalue weighted by Crippen LogP contribution is -2.50. The maximum absolute atomic E-state index is 13.0. The first-order chi connectivity index (χ1) is 15.9. The van der Waals surface area contributed by atoms with Crippen LogP contribution in [0.2, 0.25) is 0 Å². The summed E-state index contributed by atoms with van der Waals surface area (Å²) in [5, 5.41) is 5.70. The van der Waals surface area contributed by atoms with Crippen molar-refractivity contribution in [1.29, 1.82) is 0 Å². The van der Waals surface area contributed by atoms with Gasteiger partial charge in [0.05, 0.1) is 11.9 Å². The number of nitrogens with one attached hydrogen (secondary N) is 1. The topological polar surface area (TPSA) is 70.1 Å². The fourth-order valence-electron chi connectivity index (χ4n) is 5.58. The zero-order valence-corrected chi connectivity index (χ0v) is 20.3. The van der Waals surface area contributed by atoms with Crippen molar-refractivity contribution in [2.75, 3.05) is 31.1 Å². The Morgan fingerprint density at radius 1 is 1.12 bits per heavy atom. The van der Waals surface area contributed by atoms with Crippen molar-refractivity contribution in [2.45, 2.75) is 59.4 Å². The first-order valence-corrected chi connectivity index (χ1v) is 12.5. The molecule has 7 nitrogen and oxygen atoms in total. The van der Waals surface area contributed by atoms with Crippen LogP contribution in [-0.4, -0.2) is 56.7 Å². The van der Waals surface area contributed by atoms with Crippen molar-refractivity contribution >= 4 is 22.6 Å². The Kier molecular flexibility index (Phi) is 5.89. The minimum absolute atomic E-state index is 0.239. The second kappa shape index (κ2) is 8.84. The lowest BCUT2D eigenvalue weighted by atomic mass is 9.82. The summed E-state index contributed by atoms with van der Waals surface area (Å²) in [7, 11) is 0. The molecule has 0 aromatic carbocycles. The van der Waals surface area contributed by atoms with Crippen LogP contribution in [0.3, 0.4) is 0 Å². The highest BCUT2D eigenvalue weighted by Crippen LogP contribution is 2.33. The van der Waals surface area contributed by atoms with E-state index in [1.807, 2.05) is 12.4 Å². The molecule has 176 valence electrons. The summed E-state index contributed by atoms with van der Waals surface area (Å²) < 4.78 is 2.05. The molecular weight excluding hydrogens is 412 g/mol.